The summed E-state index contributed by atoms with van der Waals surface area (Å²) in [6.45, 7) is 3.36. The molecule has 18 heavy (non-hydrogen) atoms. The highest BCUT2D eigenvalue weighted by atomic mass is 16.3. The Kier molecular flexibility index (Phi) is 4.46. The van der Waals surface area contributed by atoms with E-state index in [0.717, 1.165) is 0 Å². The van der Waals surface area contributed by atoms with Crippen molar-refractivity contribution in [2.45, 2.75) is 25.3 Å². The largest absolute Gasteiger partial charge is 0.394 e. The molecule has 0 fully saturated rings. The average molecular weight is 246 g/mol. The fourth-order valence-electron chi connectivity index (χ4n) is 1.52. The highest BCUT2D eigenvalue weighted by molar-refractivity contribution is 5.86. The number of aliphatic hydroxyl groups is 1. The van der Waals surface area contributed by atoms with Crippen molar-refractivity contribution in [1.29, 1.82) is 5.26 Å². The Morgan fingerprint density at radius 3 is 2.44 bits per heavy atom. The first-order valence-electron chi connectivity index (χ1n) is 5.77. The summed E-state index contributed by atoms with van der Waals surface area (Å²) in [5.74, 6) is -1.13. The van der Waals surface area contributed by atoms with Crippen LogP contribution >= 0.6 is 0 Å². The van der Waals surface area contributed by atoms with E-state index in [-0.39, 0.29) is 12.5 Å². The molecule has 0 aromatic heterocycles. The van der Waals surface area contributed by atoms with Crippen LogP contribution in [0.2, 0.25) is 0 Å². The molecular weight excluding hydrogens is 228 g/mol. The predicted octanol–water partition coefficient (Wildman–Crippen LogP) is 1.52. The molecule has 0 bridgehead atoms. The molecule has 1 atom stereocenters. The van der Waals surface area contributed by atoms with Crippen molar-refractivity contribution >= 4 is 5.91 Å². The van der Waals surface area contributed by atoms with Gasteiger partial charge in [0.15, 0.2) is 0 Å². The van der Waals surface area contributed by atoms with Crippen molar-refractivity contribution in [2.24, 2.45) is 0 Å². The van der Waals surface area contributed by atoms with E-state index in [1.807, 2.05) is 12.1 Å². The number of nitriles is 1. The maximum absolute atomic E-state index is 12.3. The number of benzene rings is 1. The molecule has 0 aliphatic rings. The normalized spacial score (nSPS) is 12.6. The molecule has 96 valence electrons. The van der Waals surface area contributed by atoms with E-state index in [4.69, 9.17) is 0 Å². The smallest absolute Gasteiger partial charge is 0.244 e. The van der Waals surface area contributed by atoms with Crippen LogP contribution in [0.5, 0.6) is 0 Å². The molecule has 1 unspecified atom stereocenters. The van der Waals surface area contributed by atoms with Crippen molar-refractivity contribution in [1.82, 2.24) is 4.90 Å². The molecule has 1 aromatic carbocycles. The molecule has 1 N–H and O–H groups in total. The van der Waals surface area contributed by atoms with Gasteiger partial charge in [-0.2, -0.15) is 5.26 Å². The number of hydrogen-bond acceptors (Lipinski definition) is 3. The molecule has 1 amide bonds. The summed E-state index contributed by atoms with van der Waals surface area (Å²) in [6, 6.07) is 11.0. The maximum Gasteiger partial charge on any atom is 0.244 e. The topological polar surface area (TPSA) is 64.3 Å². The molecule has 0 aliphatic carbocycles. The number of carbonyl (C=O) groups excluding carboxylic acids is 1. The Hall–Kier alpha value is -1.86. The number of rotatable bonds is 4. The summed E-state index contributed by atoms with van der Waals surface area (Å²) >= 11 is 0. The Morgan fingerprint density at radius 2 is 2.00 bits per heavy atom. The second-order valence-corrected chi connectivity index (χ2v) is 4.84. The van der Waals surface area contributed by atoms with Crippen LogP contribution in [0.25, 0.3) is 0 Å². The third-order valence-electron chi connectivity index (χ3n) is 3.13. The second kappa shape index (κ2) is 5.65. The summed E-state index contributed by atoms with van der Waals surface area (Å²) in [6.07, 6.45) is 0. The SMILES string of the molecule is CN(C(=O)C(C#N)c1ccccc1)C(C)(C)CO. The number of hydrogen-bond donors (Lipinski definition) is 1. The van der Waals surface area contributed by atoms with Crippen LogP contribution in [0.3, 0.4) is 0 Å². The number of nitrogens with zero attached hydrogens (tertiary/aromatic N) is 2. The minimum Gasteiger partial charge on any atom is -0.394 e. The number of carbonyl (C=O) groups is 1. The summed E-state index contributed by atoms with van der Waals surface area (Å²) in [7, 11) is 1.60. The fraction of sp³-hybridized carbons (Fsp3) is 0.429. The lowest BCUT2D eigenvalue weighted by molar-refractivity contribution is -0.136. The van der Waals surface area contributed by atoms with E-state index in [2.05, 4.69) is 0 Å². The van der Waals surface area contributed by atoms with Gasteiger partial charge in [0, 0.05) is 7.05 Å². The van der Waals surface area contributed by atoms with Crippen molar-refractivity contribution in [3.8, 4) is 6.07 Å². The first kappa shape index (κ1) is 14.2. The van der Waals surface area contributed by atoms with Gasteiger partial charge in [-0.25, -0.2) is 0 Å². The van der Waals surface area contributed by atoms with Gasteiger partial charge in [-0.3, -0.25) is 4.79 Å². The van der Waals surface area contributed by atoms with Gasteiger partial charge in [-0.05, 0) is 19.4 Å². The molecule has 0 saturated heterocycles. The van der Waals surface area contributed by atoms with Gasteiger partial charge in [0.05, 0.1) is 18.2 Å². The van der Waals surface area contributed by atoms with Crippen LogP contribution in [0.4, 0.5) is 0 Å². The van der Waals surface area contributed by atoms with Gasteiger partial charge in [-0.15, -0.1) is 0 Å². The van der Waals surface area contributed by atoms with E-state index in [1.54, 1.807) is 45.2 Å². The minimum absolute atomic E-state index is 0.151. The maximum atomic E-state index is 12.3. The van der Waals surface area contributed by atoms with Crippen LogP contribution in [-0.4, -0.2) is 35.1 Å². The van der Waals surface area contributed by atoms with Crippen LogP contribution in [0, 0.1) is 11.3 Å². The number of aliphatic hydroxyl groups excluding tert-OH is 1. The highest BCUT2D eigenvalue weighted by Gasteiger charge is 2.32. The van der Waals surface area contributed by atoms with Gasteiger partial charge >= 0.3 is 0 Å². The lowest BCUT2D eigenvalue weighted by Crippen LogP contribution is -2.49. The van der Waals surface area contributed by atoms with Gasteiger partial charge < -0.3 is 10.0 Å². The minimum atomic E-state index is -0.831. The molecule has 0 radical (unpaired) electrons. The van der Waals surface area contributed by atoms with Gasteiger partial charge in [0.25, 0.3) is 0 Å². The van der Waals surface area contributed by atoms with Crippen molar-refractivity contribution in [3.63, 3.8) is 0 Å². The summed E-state index contributed by atoms with van der Waals surface area (Å²) in [4.78, 5) is 13.7. The molecule has 0 saturated carbocycles. The monoisotopic (exact) mass is 246 g/mol. The first-order valence-corrected chi connectivity index (χ1v) is 5.77. The molecule has 0 spiro atoms. The van der Waals surface area contributed by atoms with Crippen LogP contribution in [0.1, 0.15) is 25.3 Å². The van der Waals surface area contributed by atoms with E-state index in [0.29, 0.717) is 5.56 Å². The zero-order valence-electron chi connectivity index (χ0n) is 10.9. The Bertz CT molecular complexity index is 449. The van der Waals surface area contributed by atoms with E-state index in [9.17, 15) is 15.2 Å². The third kappa shape index (κ3) is 2.88. The van der Waals surface area contributed by atoms with Crippen LogP contribution in [0.15, 0.2) is 30.3 Å². The third-order valence-corrected chi connectivity index (χ3v) is 3.13. The molecule has 4 nitrogen and oxygen atoms in total. The molecule has 1 aromatic rings. The van der Waals surface area contributed by atoms with E-state index >= 15 is 0 Å². The lowest BCUT2D eigenvalue weighted by Gasteiger charge is -2.35. The molecule has 0 aliphatic heterocycles. The zero-order chi connectivity index (χ0) is 13.8. The van der Waals surface area contributed by atoms with Crippen LogP contribution < -0.4 is 0 Å². The quantitative estimate of drug-likeness (QED) is 0.876. The van der Waals surface area contributed by atoms with Gasteiger partial charge in [0.1, 0.15) is 5.92 Å². The van der Waals surface area contributed by atoms with Crippen molar-refractivity contribution in [2.75, 3.05) is 13.7 Å². The molecule has 1 rings (SSSR count). The number of amides is 1. The van der Waals surface area contributed by atoms with Crippen molar-refractivity contribution < 1.29 is 9.90 Å². The summed E-state index contributed by atoms with van der Waals surface area (Å²) in [5.41, 5.74) is -0.00776. The Labute approximate surface area is 107 Å². The second-order valence-electron chi connectivity index (χ2n) is 4.84. The van der Waals surface area contributed by atoms with Gasteiger partial charge in [0.2, 0.25) is 5.91 Å². The Balaban J connectivity index is 2.99. The zero-order valence-corrected chi connectivity index (χ0v) is 10.9. The van der Waals surface area contributed by atoms with E-state index in [1.165, 1.54) is 4.90 Å². The number of likely N-dealkylation sites (N-methyl/N-ethyl adjacent to an activating group) is 1. The summed E-state index contributed by atoms with van der Waals surface area (Å²) in [5, 5.41) is 18.4. The summed E-state index contributed by atoms with van der Waals surface area (Å²) < 4.78 is 0. The molecule has 0 heterocycles. The Morgan fingerprint density at radius 1 is 1.44 bits per heavy atom. The predicted molar refractivity (Wildman–Crippen MR) is 68.7 cm³/mol. The lowest BCUT2D eigenvalue weighted by atomic mass is 9.96. The fourth-order valence-corrected chi connectivity index (χ4v) is 1.52. The van der Waals surface area contributed by atoms with E-state index < -0.39 is 11.5 Å². The standard InChI is InChI=1S/C14H18N2O2/c1-14(2,10-17)16(3)13(18)12(9-15)11-7-5-4-6-8-11/h4-8,12,17H,10H2,1-3H3. The molecule has 4 heteroatoms. The van der Waals surface area contributed by atoms with Crippen LogP contribution in [-0.2, 0) is 4.79 Å². The first-order chi connectivity index (χ1) is 8.44. The highest BCUT2D eigenvalue weighted by Crippen LogP contribution is 2.21. The van der Waals surface area contributed by atoms with Gasteiger partial charge in [-0.1, -0.05) is 30.3 Å². The average Bonchev–Trinajstić information content (AvgIpc) is 2.39. The van der Waals surface area contributed by atoms with Crippen molar-refractivity contribution in [3.05, 3.63) is 35.9 Å². The molecular formula is C14H18N2O2.